The highest BCUT2D eigenvalue weighted by molar-refractivity contribution is 5.92. The molecule has 0 aromatic heterocycles. The summed E-state index contributed by atoms with van der Waals surface area (Å²) in [6.07, 6.45) is 2.11. The van der Waals surface area contributed by atoms with Crippen molar-refractivity contribution in [2.75, 3.05) is 38.0 Å². The number of carbonyl (C=O) groups excluding carboxylic acids is 2. The van der Waals surface area contributed by atoms with Crippen LogP contribution in [0.15, 0.2) is 18.2 Å². The smallest absolute Gasteiger partial charge is 0.238 e. The molecule has 1 aromatic rings. The Morgan fingerprint density at radius 3 is 2.39 bits per heavy atom. The highest BCUT2D eigenvalue weighted by Gasteiger charge is 2.34. The van der Waals surface area contributed by atoms with E-state index in [-0.39, 0.29) is 11.8 Å². The van der Waals surface area contributed by atoms with Crippen molar-refractivity contribution in [2.24, 2.45) is 5.92 Å². The predicted molar refractivity (Wildman–Crippen MR) is 90.3 cm³/mol. The SMILES string of the molecule is Cc1ccc(NC(=O)CN2CCN(C(=O)C3CC3)CC2)cc1C. The molecule has 5 nitrogen and oxygen atoms in total. The summed E-state index contributed by atoms with van der Waals surface area (Å²) in [6, 6.07) is 5.96. The van der Waals surface area contributed by atoms with Crippen molar-refractivity contribution in [1.82, 2.24) is 9.80 Å². The highest BCUT2D eigenvalue weighted by Crippen LogP contribution is 2.31. The summed E-state index contributed by atoms with van der Waals surface area (Å²) in [5.74, 6) is 0.606. The fourth-order valence-electron chi connectivity index (χ4n) is 2.94. The molecule has 0 atom stereocenters. The molecule has 3 rings (SSSR count). The summed E-state index contributed by atoms with van der Waals surface area (Å²) < 4.78 is 0. The molecule has 1 aromatic carbocycles. The second-order valence-electron chi connectivity index (χ2n) is 6.72. The third kappa shape index (κ3) is 4.10. The molecule has 124 valence electrons. The van der Waals surface area contributed by atoms with Gasteiger partial charge in [0.25, 0.3) is 0 Å². The predicted octanol–water partition coefficient (Wildman–Crippen LogP) is 1.80. The molecule has 1 aliphatic carbocycles. The van der Waals surface area contributed by atoms with Gasteiger partial charge in [-0.2, -0.15) is 0 Å². The summed E-state index contributed by atoms with van der Waals surface area (Å²) in [4.78, 5) is 28.3. The van der Waals surface area contributed by atoms with E-state index in [4.69, 9.17) is 0 Å². The molecule has 2 fully saturated rings. The van der Waals surface area contributed by atoms with Gasteiger partial charge in [0.2, 0.25) is 11.8 Å². The quantitative estimate of drug-likeness (QED) is 0.922. The van der Waals surface area contributed by atoms with E-state index in [1.807, 2.05) is 30.0 Å². The van der Waals surface area contributed by atoms with Crippen LogP contribution in [0.5, 0.6) is 0 Å². The minimum absolute atomic E-state index is 0.00947. The largest absolute Gasteiger partial charge is 0.340 e. The van der Waals surface area contributed by atoms with Gasteiger partial charge in [-0.05, 0) is 49.9 Å². The first-order valence-corrected chi connectivity index (χ1v) is 8.41. The highest BCUT2D eigenvalue weighted by atomic mass is 16.2. The first kappa shape index (κ1) is 16.0. The number of amides is 2. The fraction of sp³-hybridized carbons (Fsp3) is 0.556. The number of nitrogens with zero attached hydrogens (tertiary/aromatic N) is 2. The van der Waals surface area contributed by atoms with Gasteiger partial charge in [0.1, 0.15) is 0 Å². The monoisotopic (exact) mass is 315 g/mol. The van der Waals surface area contributed by atoms with Crippen molar-refractivity contribution in [3.8, 4) is 0 Å². The maximum absolute atomic E-state index is 12.2. The number of nitrogens with one attached hydrogen (secondary N) is 1. The summed E-state index contributed by atoms with van der Waals surface area (Å²) in [5, 5.41) is 2.96. The van der Waals surface area contributed by atoms with Gasteiger partial charge in [0.05, 0.1) is 6.54 Å². The number of benzene rings is 1. The van der Waals surface area contributed by atoms with E-state index in [2.05, 4.69) is 17.1 Å². The summed E-state index contributed by atoms with van der Waals surface area (Å²) in [5.41, 5.74) is 3.25. The third-order valence-electron chi connectivity index (χ3n) is 4.77. The van der Waals surface area contributed by atoms with Crippen LogP contribution in [0.4, 0.5) is 5.69 Å². The number of piperazine rings is 1. The zero-order valence-corrected chi connectivity index (χ0v) is 14.0. The Hall–Kier alpha value is -1.88. The van der Waals surface area contributed by atoms with Gasteiger partial charge in [-0.3, -0.25) is 14.5 Å². The Morgan fingerprint density at radius 2 is 1.78 bits per heavy atom. The van der Waals surface area contributed by atoms with Crippen LogP contribution in [0, 0.1) is 19.8 Å². The molecule has 2 amide bonds. The number of anilines is 1. The molecule has 2 aliphatic rings. The Balaban J connectivity index is 1.45. The topological polar surface area (TPSA) is 52.7 Å². The minimum atomic E-state index is 0.00947. The van der Waals surface area contributed by atoms with Crippen molar-refractivity contribution in [3.05, 3.63) is 29.3 Å². The number of rotatable bonds is 4. The zero-order chi connectivity index (χ0) is 16.4. The first-order chi connectivity index (χ1) is 11.0. The van der Waals surface area contributed by atoms with Gasteiger partial charge in [0.15, 0.2) is 0 Å². The number of aryl methyl sites for hydroxylation is 2. The molecule has 1 aliphatic heterocycles. The Kier molecular flexibility index (Phi) is 4.66. The lowest BCUT2D eigenvalue weighted by molar-refractivity contribution is -0.134. The molecule has 0 radical (unpaired) electrons. The van der Waals surface area contributed by atoms with Crippen molar-refractivity contribution in [3.63, 3.8) is 0 Å². The van der Waals surface area contributed by atoms with Gasteiger partial charge in [0, 0.05) is 37.8 Å². The second kappa shape index (κ2) is 6.71. The van der Waals surface area contributed by atoms with Crippen LogP contribution in [0.1, 0.15) is 24.0 Å². The molecule has 0 spiro atoms. The van der Waals surface area contributed by atoms with Crippen LogP contribution in [-0.2, 0) is 9.59 Å². The van der Waals surface area contributed by atoms with Crippen LogP contribution in [0.2, 0.25) is 0 Å². The van der Waals surface area contributed by atoms with Crippen LogP contribution >= 0.6 is 0 Å². The third-order valence-corrected chi connectivity index (χ3v) is 4.77. The summed E-state index contributed by atoms with van der Waals surface area (Å²) in [7, 11) is 0. The lowest BCUT2D eigenvalue weighted by Crippen LogP contribution is -2.50. The normalized spacial score (nSPS) is 18.8. The lowest BCUT2D eigenvalue weighted by atomic mass is 10.1. The van der Waals surface area contributed by atoms with E-state index in [0.29, 0.717) is 12.5 Å². The number of hydrogen-bond acceptors (Lipinski definition) is 3. The summed E-state index contributed by atoms with van der Waals surface area (Å²) in [6.45, 7) is 7.53. The van der Waals surface area contributed by atoms with Crippen molar-refractivity contribution < 1.29 is 9.59 Å². The van der Waals surface area contributed by atoms with E-state index in [9.17, 15) is 9.59 Å². The molecular formula is C18H25N3O2. The average Bonchev–Trinajstić information content (AvgIpc) is 3.36. The van der Waals surface area contributed by atoms with Crippen molar-refractivity contribution in [2.45, 2.75) is 26.7 Å². The second-order valence-corrected chi connectivity index (χ2v) is 6.72. The Morgan fingerprint density at radius 1 is 1.09 bits per heavy atom. The van der Waals surface area contributed by atoms with Gasteiger partial charge in [-0.25, -0.2) is 0 Å². The average molecular weight is 315 g/mol. The number of carbonyl (C=O) groups is 2. The molecule has 1 N–H and O–H groups in total. The van der Waals surface area contributed by atoms with E-state index in [0.717, 1.165) is 44.7 Å². The maximum Gasteiger partial charge on any atom is 0.238 e. The lowest BCUT2D eigenvalue weighted by Gasteiger charge is -2.34. The Labute approximate surface area is 137 Å². The molecule has 1 heterocycles. The van der Waals surface area contributed by atoms with Gasteiger partial charge >= 0.3 is 0 Å². The van der Waals surface area contributed by atoms with E-state index >= 15 is 0 Å². The van der Waals surface area contributed by atoms with E-state index in [1.165, 1.54) is 11.1 Å². The Bertz CT molecular complexity index is 602. The molecule has 5 heteroatoms. The van der Waals surface area contributed by atoms with Crippen LogP contribution in [-0.4, -0.2) is 54.3 Å². The molecule has 0 unspecified atom stereocenters. The van der Waals surface area contributed by atoms with Crippen LogP contribution in [0.3, 0.4) is 0 Å². The van der Waals surface area contributed by atoms with E-state index < -0.39 is 0 Å². The standard InChI is InChI=1S/C18H25N3O2/c1-13-3-6-16(11-14(13)2)19-17(22)12-20-7-9-21(10-8-20)18(23)15-4-5-15/h3,6,11,15H,4-5,7-10,12H2,1-2H3,(H,19,22). The molecular weight excluding hydrogens is 290 g/mol. The fourth-order valence-corrected chi connectivity index (χ4v) is 2.94. The van der Waals surface area contributed by atoms with Gasteiger partial charge in [-0.15, -0.1) is 0 Å². The van der Waals surface area contributed by atoms with E-state index in [1.54, 1.807) is 0 Å². The first-order valence-electron chi connectivity index (χ1n) is 8.41. The minimum Gasteiger partial charge on any atom is -0.340 e. The molecule has 1 saturated heterocycles. The van der Waals surface area contributed by atoms with Crippen molar-refractivity contribution in [1.29, 1.82) is 0 Å². The summed E-state index contributed by atoms with van der Waals surface area (Å²) >= 11 is 0. The van der Waals surface area contributed by atoms with Crippen LogP contribution < -0.4 is 5.32 Å². The maximum atomic E-state index is 12.2. The number of hydrogen-bond donors (Lipinski definition) is 1. The van der Waals surface area contributed by atoms with Gasteiger partial charge in [-0.1, -0.05) is 6.07 Å². The zero-order valence-electron chi connectivity index (χ0n) is 14.0. The molecule has 0 bridgehead atoms. The molecule has 23 heavy (non-hydrogen) atoms. The van der Waals surface area contributed by atoms with Gasteiger partial charge < -0.3 is 10.2 Å². The molecule has 1 saturated carbocycles. The van der Waals surface area contributed by atoms with Crippen molar-refractivity contribution >= 4 is 17.5 Å². The van der Waals surface area contributed by atoms with Crippen LogP contribution in [0.25, 0.3) is 0 Å².